The fraction of sp³-hybridized carbons (Fsp3) is 0.567. The summed E-state index contributed by atoms with van der Waals surface area (Å²) in [5, 5.41) is 0. The van der Waals surface area contributed by atoms with Crippen LogP contribution in [0, 0.1) is 5.92 Å². The molecule has 0 aliphatic heterocycles. The van der Waals surface area contributed by atoms with Gasteiger partial charge in [0.2, 0.25) is 0 Å². The first-order valence-electron chi connectivity index (χ1n) is 13.4. The molecule has 0 heterocycles. The Hall–Kier alpha value is -2.49. The molecule has 1 saturated carbocycles. The van der Waals surface area contributed by atoms with Crippen molar-refractivity contribution in [2.45, 2.75) is 90.4 Å². The third-order valence-electron chi connectivity index (χ3n) is 6.60. The lowest BCUT2D eigenvalue weighted by atomic mass is 9.90. The van der Waals surface area contributed by atoms with Crippen molar-refractivity contribution < 1.29 is 19.0 Å². The Labute approximate surface area is 206 Å². The van der Waals surface area contributed by atoms with Crippen LogP contribution < -0.4 is 14.2 Å². The van der Waals surface area contributed by atoms with Gasteiger partial charge in [0.1, 0.15) is 17.2 Å². The second kappa shape index (κ2) is 15.4. The van der Waals surface area contributed by atoms with Gasteiger partial charge >= 0.3 is 5.97 Å². The van der Waals surface area contributed by atoms with E-state index >= 15 is 0 Å². The molecule has 1 aliphatic carbocycles. The van der Waals surface area contributed by atoms with Crippen LogP contribution in [0.2, 0.25) is 0 Å². The molecular weight excluding hydrogens is 424 g/mol. The topological polar surface area (TPSA) is 44.8 Å². The van der Waals surface area contributed by atoms with Gasteiger partial charge in [0.25, 0.3) is 0 Å². The summed E-state index contributed by atoms with van der Waals surface area (Å²) in [6.07, 6.45) is 16.8. The minimum absolute atomic E-state index is 0.370. The maximum absolute atomic E-state index is 12.5. The number of ether oxygens (including phenoxy) is 3. The summed E-state index contributed by atoms with van der Waals surface area (Å²) in [5.41, 5.74) is 0.511. The van der Waals surface area contributed by atoms with Crippen LogP contribution in [-0.4, -0.2) is 19.2 Å². The Morgan fingerprint density at radius 2 is 1.26 bits per heavy atom. The summed E-state index contributed by atoms with van der Waals surface area (Å²) in [6.45, 7) is 3.74. The standard InChI is InChI=1S/C30H42O4/c1-2-3-4-5-6-7-8-12-23-32-27-17-15-26(16-18-27)30(31)34-29-21-19-28(20-22-29)33-24-25-13-10-9-11-14-25/h15-22,25H,2-14,23-24H2,1H3. The lowest BCUT2D eigenvalue weighted by Crippen LogP contribution is -2.15. The predicted octanol–water partition coefficient (Wildman–Crippen LogP) is 8.38. The summed E-state index contributed by atoms with van der Waals surface area (Å²) in [6, 6.07) is 14.5. The van der Waals surface area contributed by atoms with Gasteiger partial charge in [0, 0.05) is 0 Å². The van der Waals surface area contributed by atoms with Gasteiger partial charge in [-0.3, -0.25) is 0 Å². The molecule has 4 heteroatoms. The highest BCUT2D eigenvalue weighted by molar-refractivity contribution is 5.91. The molecule has 0 radical (unpaired) electrons. The van der Waals surface area contributed by atoms with Gasteiger partial charge in [0.05, 0.1) is 18.8 Å². The van der Waals surface area contributed by atoms with Gasteiger partial charge in [-0.25, -0.2) is 4.79 Å². The van der Waals surface area contributed by atoms with E-state index in [-0.39, 0.29) is 5.97 Å². The van der Waals surface area contributed by atoms with E-state index in [1.165, 1.54) is 77.0 Å². The second-order valence-corrected chi connectivity index (χ2v) is 9.52. The number of carbonyl (C=O) groups excluding carboxylic acids is 1. The molecule has 3 rings (SSSR count). The Bertz CT molecular complexity index is 807. The first-order valence-corrected chi connectivity index (χ1v) is 13.4. The highest BCUT2D eigenvalue weighted by Gasteiger charge is 2.14. The molecule has 0 aromatic heterocycles. The summed E-state index contributed by atoms with van der Waals surface area (Å²) < 4.78 is 17.3. The van der Waals surface area contributed by atoms with E-state index in [9.17, 15) is 4.79 Å². The first kappa shape index (κ1) is 26.1. The molecule has 186 valence electrons. The number of benzene rings is 2. The molecule has 1 fully saturated rings. The molecular formula is C30H42O4. The Kier molecular flexibility index (Phi) is 11.8. The number of hydrogen-bond donors (Lipinski definition) is 0. The highest BCUT2D eigenvalue weighted by Crippen LogP contribution is 2.25. The van der Waals surface area contributed by atoms with Crippen molar-refractivity contribution >= 4 is 5.97 Å². The summed E-state index contributed by atoms with van der Waals surface area (Å²) in [4.78, 5) is 12.5. The normalized spacial score (nSPS) is 14.0. The fourth-order valence-electron chi connectivity index (χ4n) is 4.45. The summed E-state index contributed by atoms with van der Waals surface area (Å²) in [7, 11) is 0. The van der Waals surface area contributed by atoms with E-state index in [1.54, 1.807) is 24.3 Å². The minimum atomic E-state index is -0.370. The van der Waals surface area contributed by atoms with Crippen LogP contribution in [-0.2, 0) is 0 Å². The highest BCUT2D eigenvalue weighted by atomic mass is 16.5. The fourth-order valence-corrected chi connectivity index (χ4v) is 4.45. The first-order chi connectivity index (χ1) is 16.7. The Morgan fingerprint density at radius 3 is 1.94 bits per heavy atom. The largest absolute Gasteiger partial charge is 0.494 e. The van der Waals surface area contributed by atoms with Crippen molar-refractivity contribution in [2.24, 2.45) is 5.92 Å². The van der Waals surface area contributed by atoms with Crippen molar-refractivity contribution in [3.05, 3.63) is 54.1 Å². The van der Waals surface area contributed by atoms with Crippen LogP contribution in [0.15, 0.2) is 48.5 Å². The quantitative estimate of drug-likeness (QED) is 0.150. The zero-order valence-corrected chi connectivity index (χ0v) is 20.9. The maximum Gasteiger partial charge on any atom is 0.343 e. The molecule has 0 saturated heterocycles. The van der Waals surface area contributed by atoms with Crippen LogP contribution in [0.1, 0.15) is 101 Å². The monoisotopic (exact) mass is 466 g/mol. The number of esters is 1. The number of hydrogen-bond acceptors (Lipinski definition) is 4. The average molecular weight is 467 g/mol. The number of unbranched alkanes of at least 4 members (excludes halogenated alkanes) is 7. The zero-order chi connectivity index (χ0) is 23.8. The summed E-state index contributed by atoms with van der Waals surface area (Å²) in [5.74, 6) is 2.43. The predicted molar refractivity (Wildman–Crippen MR) is 138 cm³/mol. The van der Waals surface area contributed by atoms with Crippen molar-refractivity contribution in [1.82, 2.24) is 0 Å². The van der Waals surface area contributed by atoms with Crippen LogP contribution in [0.4, 0.5) is 0 Å². The molecule has 0 atom stereocenters. The van der Waals surface area contributed by atoms with Crippen LogP contribution >= 0.6 is 0 Å². The lowest BCUT2D eigenvalue weighted by Gasteiger charge is -2.21. The van der Waals surface area contributed by atoms with Crippen molar-refractivity contribution in [3.8, 4) is 17.2 Å². The Balaban J connectivity index is 1.32. The maximum atomic E-state index is 12.5. The smallest absolute Gasteiger partial charge is 0.343 e. The van der Waals surface area contributed by atoms with Gasteiger partial charge in [-0.05, 0) is 73.7 Å². The van der Waals surface area contributed by atoms with Gasteiger partial charge in [-0.15, -0.1) is 0 Å². The van der Waals surface area contributed by atoms with E-state index in [0.717, 1.165) is 24.5 Å². The molecule has 0 N–H and O–H groups in total. The van der Waals surface area contributed by atoms with Crippen molar-refractivity contribution in [1.29, 1.82) is 0 Å². The van der Waals surface area contributed by atoms with Gasteiger partial charge in [-0.2, -0.15) is 0 Å². The van der Waals surface area contributed by atoms with E-state index in [0.29, 0.717) is 23.8 Å². The van der Waals surface area contributed by atoms with Gasteiger partial charge < -0.3 is 14.2 Å². The molecule has 2 aromatic rings. The van der Waals surface area contributed by atoms with Crippen LogP contribution in [0.5, 0.6) is 17.2 Å². The zero-order valence-electron chi connectivity index (χ0n) is 20.9. The third-order valence-corrected chi connectivity index (χ3v) is 6.60. The summed E-state index contributed by atoms with van der Waals surface area (Å²) >= 11 is 0. The second-order valence-electron chi connectivity index (χ2n) is 9.52. The molecule has 34 heavy (non-hydrogen) atoms. The van der Waals surface area contributed by atoms with Crippen LogP contribution in [0.3, 0.4) is 0 Å². The van der Waals surface area contributed by atoms with E-state index in [4.69, 9.17) is 14.2 Å². The van der Waals surface area contributed by atoms with E-state index < -0.39 is 0 Å². The molecule has 0 amide bonds. The van der Waals surface area contributed by atoms with E-state index in [2.05, 4.69) is 6.92 Å². The van der Waals surface area contributed by atoms with Gasteiger partial charge in [0.15, 0.2) is 0 Å². The molecule has 4 nitrogen and oxygen atoms in total. The molecule has 1 aliphatic rings. The van der Waals surface area contributed by atoms with Gasteiger partial charge in [-0.1, -0.05) is 71.1 Å². The molecule has 0 bridgehead atoms. The Morgan fingerprint density at radius 1 is 0.706 bits per heavy atom. The van der Waals surface area contributed by atoms with Crippen molar-refractivity contribution in [2.75, 3.05) is 13.2 Å². The van der Waals surface area contributed by atoms with E-state index in [1.807, 2.05) is 24.3 Å². The number of rotatable bonds is 15. The molecule has 2 aromatic carbocycles. The lowest BCUT2D eigenvalue weighted by molar-refractivity contribution is 0.0734. The third kappa shape index (κ3) is 9.79. The SMILES string of the molecule is CCCCCCCCCCOc1ccc(C(=O)Oc2ccc(OCC3CCCCC3)cc2)cc1. The minimum Gasteiger partial charge on any atom is -0.494 e. The van der Waals surface area contributed by atoms with Crippen LogP contribution in [0.25, 0.3) is 0 Å². The number of carbonyl (C=O) groups is 1. The average Bonchev–Trinajstić information content (AvgIpc) is 2.88. The van der Waals surface area contributed by atoms with Crippen molar-refractivity contribution in [3.63, 3.8) is 0 Å². The molecule has 0 unspecified atom stereocenters. The molecule has 0 spiro atoms.